The highest BCUT2D eigenvalue weighted by Gasteiger charge is 2.23. The Balaban J connectivity index is 1.57. The Kier molecular flexibility index (Phi) is 6.68. The van der Waals surface area contributed by atoms with Gasteiger partial charge in [0.25, 0.3) is 5.56 Å². The van der Waals surface area contributed by atoms with Gasteiger partial charge in [0.05, 0.1) is 24.2 Å². The van der Waals surface area contributed by atoms with Gasteiger partial charge in [0, 0.05) is 18.7 Å². The van der Waals surface area contributed by atoms with Crippen LogP contribution in [0.5, 0.6) is 0 Å². The zero-order valence-electron chi connectivity index (χ0n) is 18.1. The van der Waals surface area contributed by atoms with E-state index in [1.807, 2.05) is 49.4 Å². The average molecular weight is 436 g/mol. The molecule has 1 saturated heterocycles. The molecule has 3 aromatic rings. The third kappa shape index (κ3) is 5.14. The van der Waals surface area contributed by atoms with Crippen LogP contribution in [-0.2, 0) is 11.3 Å². The lowest BCUT2D eigenvalue weighted by atomic mass is 10.1. The molecule has 6 heteroatoms. The van der Waals surface area contributed by atoms with Gasteiger partial charge in [0.15, 0.2) is 5.11 Å². The maximum atomic E-state index is 12.8. The zero-order chi connectivity index (χ0) is 21.8. The predicted molar refractivity (Wildman–Crippen MR) is 129 cm³/mol. The van der Waals surface area contributed by atoms with E-state index >= 15 is 0 Å². The highest BCUT2D eigenvalue weighted by Crippen LogP contribution is 2.19. The number of fused-ring (bicyclic) bond motifs is 1. The molecule has 0 aliphatic carbocycles. The molecule has 0 spiro atoms. The third-order valence-electron chi connectivity index (χ3n) is 5.90. The Morgan fingerprint density at radius 3 is 2.81 bits per heavy atom. The number of hydrogen-bond donors (Lipinski definition) is 2. The van der Waals surface area contributed by atoms with Gasteiger partial charge in [0.1, 0.15) is 0 Å². The molecule has 2 atom stereocenters. The largest absolute Gasteiger partial charge is 0.376 e. The molecule has 5 nitrogen and oxygen atoms in total. The number of pyridine rings is 1. The Morgan fingerprint density at radius 2 is 2.06 bits per heavy atom. The van der Waals surface area contributed by atoms with Gasteiger partial charge < -0.3 is 19.9 Å². The fraction of sp³-hybridized carbons (Fsp3) is 0.360. The minimum absolute atomic E-state index is 0.0678. The van der Waals surface area contributed by atoms with Crippen LogP contribution in [0.25, 0.3) is 10.9 Å². The van der Waals surface area contributed by atoms with Crippen molar-refractivity contribution in [1.29, 1.82) is 0 Å². The first-order chi connectivity index (χ1) is 15.0. The standard InChI is InChI=1S/C25H29N3O2S/c1-17-8-6-11-20-14-21(24(29)27-23(17)20)15-28(16-22-12-7-13-30-22)25(31)26-18(2)19-9-4-3-5-10-19/h3-6,8-11,14,18,22H,7,12-13,15-16H2,1-2H3,(H,26,31)(H,27,29)/t18-,22+/m1/s1. The minimum Gasteiger partial charge on any atom is -0.376 e. The molecule has 1 aromatic heterocycles. The molecule has 0 radical (unpaired) electrons. The van der Waals surface area contributed by atoms with Gasteiger partial charge in [-0.25, -0.2) is 0 Å². The van der Waals surface area contributed by atoms with E-state index in [1.54, 1.807) is 0 Å². The number of thiocarbonyl (C=S) groups is 1. The molecule has 1 fully saturated rings. The molecule has 0 saturated carbocycles. The fourth-order valence-electron chi connectivity index (χ4n) is 4.11. The smallest absolute Gasteiger partial charge is 0.253 e. The number of hydrogen-bond acceptors (Lipinski definition) is 3. The molecule has 31 heavy (non-hydrogen) atoms. The average Bonchev–Trinajstić information content (AvgIpc) is 3.28. The number of rotatable bonds is 6. The molecular formula is C25H29N3O2S. The monoisotopic (exact) mass is 435 g/mol. The summed E-state index contributed by atoms with van der Waals surface area (Å²) in [5.74, 6) is 0. The topological polar surface area (TPSA) is 57.4 Å². The molecule has 0 bridgehead atoms. The molecule has 162 valence electrons. The van der Waals surface area contributed by atoms with Crippen LogP contribution in [0.3, 0.4) is 0 Å². The van der Waals surface area contributed by atoms with E-state index in [-0.39, 0.29) is 17.7 Å². The van der Waals surface area contributed by atoms with Crippen molar-refractivity contribution in [3.05, 3.63) is 81.6 Å². The predicted octanol–water partition coefficient (Wildman–Crippen LogP) is 4.45. The summed E-state index contributed by atoms with van der Waals surface area (Å²) in [4.78, 5) is 18.0. The number of aryl methyl sites for hydroxylation is 1. The number of para-hydroxylation sites is 1. The SMILES string of the molecule is Cc1cccc2cc(CN(C[C@@H]3CCCO3)C(=S)N[C@H](C)c3ccccc3)c(=O)[nH]c12. The van der Waals surface area contributed by atoms with Crippen molar-refractivity contribution in [3.63, 3.8) is 0 Å². The summed E-state index contributed by atoms with van der Waals surface area (Å²) >= 11 is 5.79. The van der Waals surface area contributed by atoms with Gasteiger partial charge in [0.2, 0.25) is 0 Å². The Bertz CT molecular complexity index is 1110. The van der Waals surface area contributed by atoms with Crippen LogP contribution in [-0.4, -0.2) is 34.3 Å². The maximum Gasteiger partial charge on any atom is 0.253 e. The molecular weight excluding hydrogens is 406 g/mol. The molecule has 4 rings (SSSR count). The summed E-state index contributed by atoms with van der Waals surface area (Å²) in [5.41, 5.74) is 3.75. The van der Waals surface area contributed by atoms with E-state index in [0.29, 0.717) is 23.8 Å². The van der Waals surface area contributed by atoms with Crippen molar-refractivity contribution in [1.82, 2.24) is 15.2 Å². The summed E-state index contributed by atoms with van der Waals surface area (Å²) in [6, 6.07) is 18.3. The molecule has 2 aromatic carbocycles. The molecule has 0 unspecified atom stereocenters. The van der Waals surface area contributed by atoms with Crippen LogP contribution in [0.2, 0.25) is 0 Å². The number of ether oxygens (including phenoxy) is 1. The first kappa shape index (κ1) is 21.5. The van der Waals surface area contributed by atoms with Crippen LogP contribution >= 0.6 is 12.2 Å². The second-order valence-electron chi connectivity index (χ2n) is 8.26. The summed E-state index contributed by atoms with van der Waals surface area (Å²) in [6.07, 6.45) is 2.21. The summed E-state index contributed by atoms with van der Waals surface area (Å²) in [6.45, 7) is 5.99. The van der Waals surface area contributed by atoms with Gasteiger partial charge in [-0.05, 0) is 61.5 Å². The van der Waals surface area contributed by atoms with Crippen LogP contribution in [0.15, 0.2) is 59.4 Å². The van der Waals surface area contributed by atoms with Crippen molar-refractivity contribution in [2.24, 2.45) is 0 Å². The number of benzene rings is 2. The van der Waals surface area contributed by atoms with Crippen LogP contribution < -0.4 is 10.9 Å². The normalized spacial score (nSPS) is 16.9. The van der Waals surface area contributed by atoms with E-state index in [2.05, 4.69) is 34.3 Å². The molecule has 2 N–H and O–H groups in total. The van der Waals surface area contributed by atoms with Crippen molar-refractivity contribution in [3.8, 4) is 0 Å². The number of H-pyrrole nitrogens is 1. The van der Waals surface area contributed by atoms with E-state index in [4.69, 9.17) is 17.0 Å². The van der Waals surface area contributed by atoms with Gasteiger partial charge in [-0.1, -0.05) is 48.5 Å². The highest BCUT2D eigenvalue weighted by molar-refractivity contribution is 7.80. The second-order valence-corrected chi connectivity index (χ2v) is 8.65. The number of aromatic amines is 1. The fourth-order valence-corrected chi connectivity index (χ4v) is 4.42. The van der Waals surface area contributed by atoms with E-state index in [9.17, 15) is 4.79 Å². The molecule has 0 amide bonds. The molecule has 1 aliphatic rings. The van der Waals surface area contributed by atoms with Gasteiger partial charge in [-0.15, -0.1) is 0 Å². The lowest BCUT2D eigenvalue weighted by Crippen LogP contribution is -2.44. The van der Waals surface area contributed by atoms with Crippen molar-refractivity contribution in [2.75, 3.05) is 13.2 Å². The maximum absolute atomic E-state index is 12.8. The summed E-state index contributed by atoms with van der Waals surface area (Å²) < 4.78 is 5.86. The first-order valence-electron chi connectivity index (χ1n) is 10.8. The highest BCUT2D eigenvalue weighted by atomic mass is 32.1. The lowest BCUT2D eigenvalue weighted by molar-refractivity contribution is 0.0895. The van der Waals surface area contributed by atoms with Crippen LogP contribution in [0.4, 0.5) is 0 Å². The number of aromatic nitrogens is 1. The summed E-state index contributed by atoms with van der Waals surface area (Å²) in [5, 5.41) is 5.11. The number of nitrogens with one attached hydrogen (secondary N) is 2. The van der Waals surface area contributed by atoms with E-state index < -0.39 is 0 Å². The quantitative estimate of drug-likeness (QED) is 0.560. The van der Waals surface area contributed by atoms with Gasteiger partial charge in [-0.2, -0.15) is 0 Å². The Morgan fingerprint density at radius 1 is 1.26 bits per heavy atom. The summed E-state index contributed by atoms with van der Waals surface area (Å²) in [7, 11) is 0. The Hall–Kier alpha value is -2.70. The molecule has 2 heterocycles. The van der Waals surface area contributed by atoms with E-state index in [1.165, 1.54) is 5.56 Å². The van der Waals surface area contributed by atoms with Crippen molar-refractivity contribution < 1.29 is 4.74 Å². The lowest BCUT2D eigenvalue weighted by Gasteiger charge is -2.30. The number of nitrogens with zero attached hydrogens (tertiary/aromatic N) is 1. The van der Waals surface area contributed by atoms with Crippen molar-refractivity contribution in [2.45, 2.75) is 45.4 Å². The minimum atomic E-state index is -0.0713. The van der Waals surface area contributed by atoms with Gasteiger partial charge in [-0.3, -0.25) is 4.79 Å². The van der Waals surface area contributed by atoms with Crippen LogP contribution in [0, 0.1) is 6.92 Å². The van der Waals surface area contributed by atoms with Gasteiger partial charge >= 0.3 is 0 Å². The first-order valence-corrected chi connectivity index (χ1v) is 11.3. The Labute approximate surface area is 188 Å². The zero-order valence-corrected chi connectivity index (χ0v) is 18.9. The second kappa shape index (κ2) is 9.62. The van der Waals surface area contributed by atoms with Crippen molar-refractivity contribution >= 4 is 28.2 Å². The molecule has 1 aliphatic heterocycles. The van der Waals surface area contributed by atoms with E-state index in [0.717, 1.165) is 35.9 Å². The van der Waals surface area contributed by atoms with Crippen LogP contribution in [0.1, 0.15) is 42.5 Å². The third-order valence-corrected chi connectivity index (χ3v) is 6.28.